The Hall–Kier alpha value is -2.11. The summed E-state index contributed by atoms with van der Waals surface area (Å²) in [5, 5.41) is 11.7. The Morgan fingerprint density at radius 3 is 2.96 bits per heavy atom. The molecule has 122 valence electrons. The van der Waals surface area contributed by atoms with Crippen molar-refractivity contribution in [2.24, 2.45) is 0 Å². The van der Waals surface area contributed by atoms with Crippen LogP contribution in [0.25, 0.3) is 0 Å². The number of carbonyl (C=O) groups excluding carboxylic acids is 1. The first-order valence-electron chi connectivity index (χ1n) is 8.56. The van der Waals surface area contributed by atoms with Crippen molar-refractivity contribution in [1.82, 2.24) is 20.3 Å². The minimum absolute atomic E-state index is 0.0211. The first-order valence-corrected chi connectivity index (χ1v) is 8.56. The van der Waals surface area contributed by atoms with Crippen LogP contribution in [0, 0.1) is 0 Å². The normalized spacial score (nSPS) is 21.3. The van der Waals surface area contributed by atoms with Gasteiger partial charge < -0.3 is 9.84 Å². The SMILES string of the molecule is O=C(Cc1ccon1)NC1CCCc2cn(C3CCCC3)nc21. The van der Waals surface area contributed by atoms with Crippen LogP contribution in [0.15, 0.2) is 23.0 Å². The lowest BCUT2D eigenvalue weighted by atomic mass is 9.93. The van der Waals surface area contributed by atoms with E-state index in [1.807, 2.05) is 0 Å². The largest absolute Gasteiger partial charge is 0.364 e. The summed E-state index contributed by atoms with van der Waals surface area (Å²) in [4.78, 5) is 12.2. The first kappa shape index (κ1) is 14.5. The quantitative estimate of drug-likeness (QED) is 0.941. The molecule has 0 radical (unpaired) electrons. The van der Waals surface area contributed by atoms with Gasteiger partial charge >= 0.3 is 0 Å². The predicted molar refractivity (Wildman–Crippen MR) is 83.8 cm³/mol. The van der Waals surface area contributed by atoms with Crippen LogP contribution in [-0.2, 0) is 17.6 Å². The molecule has 6 nitrogen and oxygen atoms in total. The van der Waals surface area contributed by atoms with Gasteiger partial charge in [-0.05, 0) is 37.7 Å². The van der Waals surface area contributed by atoms with Crippen molar-refractivity contribution in [3.63, 3.8) is 0 Å². The maximum atomic E-state index is 12.2. The van der Waals surface area contributed by atoms with E-state index in [1.165, 1.54) is 37.5 Å². The van der Waals surface area contributed by atoms with Gasteiger partial charge in [0.1, 0.15) is 6.26 Å². The van der Waals surface area contributed by atoms with Crippen molar-refractivity contribution in [3.05, 3.63) is 35.5 Å². The zero-order valence-corrected chi connectivity index (χ0v) is 13.2. The highest BCUT2D eigenvalue weighted by Crippen LogP contribution is 2.33. The average molecular weight is 314 g/mol. The van der Waals surface area contributed by atoms with E-state index in [-0.39, 0.29) is 18.4 Å². The topological polar surface area (TPSA) is 73.0 Å². The molecule has 6 heteroatoms. The predicted octanol–water partition coefficient (Wildman–Crippen LogP) is 2.72. The van der Waals surface area contributed by atoms with E-state index in [0.29, 0.717) is 11.7 Å². The Bertz CT molecular complexity index is 671. The number of hydrogen-bond acceptors (Lipinski definition) is 4. The zero-order valence-electron chi connectivity index (χ0n) is 13.2. The summed E-state index contributed by atoms with van der Waals surface area (Å²) in [5.41, 5.74) is 3.03. The number of nitrogens with zero attached hydrogens (tertiary/aromatic N) is 3. The second kappa shape index (κ2) is 6.18. The molecule has 0 saturated heterocycles. The number of nitrogens with one attached hydrogen (secondary N) is 1. The molecule has 0 bridgehead atoms. The lowest BCUT2D eigenvalue weighted by molar-refractivity contribution is -0.121. The van der Waals surface area contributed by atoms with Crippen LogP contribution in [0.3, 0.4) is 0 Å². The number of hydrogen-bond donors (Lipinski definition) is 1. The molecule has 0 aliphatic heterocycles. The average Bonchev–Trinajstić information content (AvgIpc) is 3.28. The summed E-state index contributed by atoms with van der Waals surface area (Å²) in [6, 6.07) is 2.30. The fourth-order valence-corrected chi connectivity index (χ4v) is 3.80. The molecular formula is C17H22N4O2. The molecule has 0 aromatic carbocycles. The Balaban J connectivity index is 1.47. The standard InChI is InChI=1S/C17H22N4O2/c22-16(10-13-8-9-23-20-13)18-15-7-3-4-12-11-21(19-17(12)15)14-5-1-2-6-14/h8-9,11,14-15H,1-7,10H2,(H,18,22). The van der Waals surface area contributed by atoms with Gasteiger partial charge in [0.15, 0.2) is 0 Å². The molecule has 1 atom stereocenters. The number of amides is 1. The number of fused-ring (bicyclic) bond motifs is 1. The highest BCUT2D eigenvalue weighted by Gasteiger charge is 2.27. The minimum atomic E-state index is -0.0211. The lowest BCUT2D eigenvalue weighted by Crippen LogP contribution is -2.32. The Labute approximate surface area is 135 Å². The summed E-state index contributed by atoms with van der Waals surface area (Å²) in [5.74, 6) is -0.0211. The van der Waals surface area contributed by atoms with Gasteiger partial charge in [0, 0.05) is 12.3 Å². The third kappa shape index (κ3) is 3.02. The zero-order chi connectivity index (χ0) is 15.6. The fraction of sp³-hybridized carbons (Fsp3) is 0.588. The Kier molecular flexibility index (Phi) is 3.89. The molecule has 1 N–H and O–H groups in total. The maximum Gasteiger partial charge on any atom is 0.226 e. The number of rotatable bonds is 4. The van der Waals surface area contributed by atoms with Crippen molar-refractivity contribution in [2.75, 3.05) is 0 Å². The second-order valence-corrected chi connectivity index (χ2v) is 6.64. The molecule has 2 aromatic rings. The molecule has 2 aromatic heterocycles. The van der Waals surface area contributed by atoms with Gasteiger partial charge in [-0.15, -0.1) is 0 Å². The Morgan fingerprint density at radius 1 is 1.30 bits per heavy atom. The van der Waals surface area contributed by atoms with Crippen molar-refractivity contribution in [3.8, 4) is 0 Å². The summed E-state index contributed by atoms with van der Waals surface area (Å²) in [6.45, 7) is 0. The van der Waals surface area contributed by atoms with Crippen LogP contribution in [0.2, 0.25) is 0 Å². The molecule has 23 heavy (non-hydrogen) atoms. The summed E-state index contributed by atoms with van der Waals surface area (Å²) < 4.78 is 6.93. The van der Waals surface area contributed by atoms with Gasteiger partial charge in [0.25, 0.3) is 0 Å². The van der Waals surface area contributed by atoms with Gasteiger partial charge in [-0.25, -0.2) is 0 Å². The molecular weight excluding hydrogens is 292 g/mol. The lowest BCUT2D eigenvalue weighted by Gasteiger charge is -2.22. The number of aromatic nitrogens is 3. The van der Waals surface area contributed by atoms with Crippen LogP contribution in [0.4, 0.5) is 0 Å². The molecule has 1 amide bonds. The molecule has 2 aliphatic rings. The summed E-state index contributed by atoms with van der Waals surface area (Å²) in [7, 11) is 0. The van der Waals surface area contributed by atoms with E-state index in [9.17, 15) is 4.79 Å². The molecule has 4 rings (SSSR count). The van der Waals surface area contributed by atoms with Crippen LogP contribution < -0.4 is 5.32 Å². The van der Waals surface area contributed by atoms with E-state index < -0.39 is 0 Å². The molecule has 2 aliphatic carbocycles. The van der Waals surface area contributed by atoms with Crippen LogP contribution in [-0.4, -0.2) is 20.8 Å². The third-order valence-corrected chi connectivity index (χ3v) is 4.98. The van der Waals surface area contributed by atoms with E-state index in [0.717, 1.165) is 25.0 Å². The van der Waals surface area contributed by atoms with Crippen molar-refractivity contribution < 1.29 is 9.32 Å². The molecule has 1 saturated carbocycles. The Morgan fingerprint density at radius 2 is 2.17 bits per heavy atom. The van der Waals surface area contributed by atoms with Crippen molar-refractivity contribution >= 4 is 5.91 Å². The van der Waals surface area contributed by atoms with E-state index in [4.69, 9.17) is 9.62 Å². The van der Waals surface area contributed by atoms with Crippen molar-refractivity contribution in [2.45, 2.75) is 63.5 Å². The van der Waals surface area contributed by atoms with Crippen LogP contribution >= 0.6 is 0 Å². The molecule has 1 fully saturated rings. The molecule has 2 heterocycles. The fourth-order valence-electron chi connectivity index (χ4n) is 3.80. The smallest absolute Gasteiger partial charge is 0.226 e. The van der Waals surface area contributed by atoms with Crippen LogP contribution in [0.5, 0.6) is 0 Å². The van der Waals surface area contributed by atoms with Gasteiger partial charge in [-0.3, -0.25) is 9.48 Å². The van der Waals surface area contributed by atoms with E-state index >= 15 is 0 Å². The second-order valence-electron chi connectivity index (χ2n) is 6.64. The molecule has 1 unspecified atom stereocenters. The highest BCUT2D eigenvalue weighted by atomic mass is 16.5. The third-order valence-electron chi connectivity index (χ3n) is 4.98. The monoisotopic (exact) mass is 314 g/mol. The van der Waals surface area contributed by atoms with Crippen LogP contribution in [0.1, 0.15) is 67.6 Å². The summed E-state index contributed by atoms with van der Waals surface area (Å²) >= 11 is 0. The molecule has 0 spiro atoms. The number of aryl methyl sites for hydroxylation is 1. The van der Waals surface area contributed by atoms with Gasteiger partial charge in [-0.2, -0.15) is 5.10 Å². The first-order chi connectivity index (χ1) is 11.3. The van der Waals surface area contributed by atoms with Crippen molar-refractivity contribution in [1.29, 1.82) is 0 Å². The minimum Gasteiger partial charge on any atom is -0.364 e. The maximum absolute atomic E-state index is 12.2. The van der Waals surface area contributed by atoms with Gasteiger partial charge in [-0.1, -0.05) is 18.0 Å². The summed E-state index contributed by atoms with van der Waals surface area (Å²) in [6.07, 6.45) is 12.1. The highest BCUT2D eigenvalue weighted by molar-refractivity contribution is 5.78. The van der Waals surface area contributed by atoms with Gasteiger partial charge in [0.2, 0.25) is 5.91 Å². The van der Waals surface area contributed by atoms with E-state index in [1.54, 1.807) is 6.07 Å². The number of carbonyl (C=O) groups is 1. The van der Waals surface area contributed by atoms with E-state index in [2.05, 4.69) is 21.4 Å². The van der Waals surface area contributed by atoms with Gasteiger partial charge in [0.05, 0.1) is 29.9 Å².